The van der Waals surface area contributed by atoms with Gasteiger partial charge in [0.2, 0.25) is 11.8 Å². The number of nitrogens with two attached hydrogens (primary N) is 2. The number of carboxylic acid groups (broad SMARTS) is 2. The van der Waals surface area contributed by atoms with Crippen molar-refractivity contribution in [3.63, 3.8) is 0 Å². The van der Waals surface area contributed by atoms with Gasteiger partial charge in [-0.25, -0.2) is 0 Å². The maximum atomic E-state index is 11.7. The molecular weight excluding hydrogens is 416 g/mol. The molecule has 0 aromatic heterocycles. The minimum Gasteiger partial charge on any atom is -0.480 e. The average molecular weight is 459 g/mol. The number of hydrogen-bond donors (Lipinski definition) is 6. The Balaban J connectivity index is 3.40. The van der Waals surface area contributed by atoms with Gasteiger partial charge in [-0.05, 0) is 51.4 Å². The van der Waals surface area contributed by atoms with Crippen LogP contribution in [0.4, 0.5) is 0 Å². The third kappa shape index (κ3) is 18.6. The summed E-state index contributed by atoms with van der Waals surface area (Å²) >= 11 is 0. The highest BCUT2D eigenvalue weighted by Gasteiger charge is 2.11. The molecule has 186 valence electrons. The molecule has 2 amide bonds. The number of amides is 2. The van der Waals surface area contributed by atoms with E-state index in [9.17, 15) is 19.2 Å². The van der Waals surface area contributed by atoms with E-state index in [1.54, 1.807) is 0 Å². The Labute approximate surface area is 190 Å². The largest absolute Gasteiger partial charge is 0.480 e. The zero-order chi connectivity index (χ0) is 24.2. The molecule has 0 radical (unpaired) electrons. The molecule has 0 aromatic carbocycles. The fourth-order valence-corrected chi connectivity index (χ4v) is 3.14. The van der Waals surface area contributed by atoms with E-state index >= 15 is 0 Å². The van der Waals surface area contributed by atoms with Gasteiger partial charge in [-0.1, -0.05) is 25.7 Å². The van der Waals surface area contributed by atoms with Gasteiger partial charge in [0.25, 0.3) is 0 Å². The van der Waals surface area contributed by atoms with E-state index < -0.39 is 24.0 Å². The number of carbonyl (C=O) groups is 4. The highest BCUT2D eigenvalue weighted by molar-refractivity contribution is 5.76. The van der Waals surface area contributed by atoms with Gasteiger partial charge in [0.1, 0.15) is 12.1 Å². The zero-order valence-electron chi connectivity index (χ0n) is 19.2. The van der Waals surface area contributed by atoms with Crippen LogP contribution in [-0.4, -0.2) is 59.1 Å². The zero-order valence-corrected chi connectivity index (χ0v) is 19.2. The van der Waals surface area contributed by atoms with Crippen molar-refractivity contribution in [1.82, 2.24) is 10.6 Å². The number of carboxylic acids is 2. The molecule has 2 atom stereocenters. The van der Waals surface area contributed by atoms with E-state index in [-0.39, 0.29) is 11.8 Å². The molecule has 0 saturated heterocycles. The first kappa shape index (κ1) is 29.8. The SMILES string of the molecule is N[C@@H](CCCCNC(=O)CCCCCCCCC(=O)NCCCC[C@H](N)C(=O)O)C(=O)O. The Morgan fingerprint density at radius 2 is 0.906 bits per heavy atom. The fraction of sp³-hybridized carbons (Fsp3) is 0.818. The van der Waals surface area contributed by atoms with Gasteiger partial charge in [-0.3, -0.25) is 19.2 Å². The van der Waals surface area contributed by atoms with Crippen molar-refractivity contribution in [1.29, 1.82) is 0 Å². The Morgan fingerprint density at radius 1 is 0.562 bits per heavy atom. The number of carbonyl (C=O) groups excluding carboxylic acids is 2. The molecule has 0 bridgehead atoms. The molecule has 10 nitrogen and oxygen atoms in total. The van der Waals surface area contributed by atoms with E-state index in [1.807, 2.05) is 0 Å². The molecule has 0 heterocycles. The summed E-state index contributed by atoms with van der Waals surface area (Å²) < 4.78 is 0. The molecule has 0 rings (SSSR count). The molecule has 10 heteroatoms. The Hall–Kier alpha value is -2.20. The number of rotatable bonds is 21. The van der Waals surface area contributed by atoms with Gasteiger partial charge in [0.15, 0.2) is 0 Å². The van der Waals surface area contributed by atoms with Crippen molar-refractivity contribution in [2.45, 2.75) is 102 Å². The minimum atomic E-state index is -0.995. The van der Waals surface area contributed by atoms with Crippen LogP contribution in [0, 0.1) is 0 Å². The number of aliphatic carboxylic acids is 2. The molecular formula is C22H42N4O6. The van der Waals surface area contributed by atoms with Crippen LogP contribution in [-0.2, 0) is 19.2 Å². The van der Waals surface area contributed by atoms with E-state index in [2.05, 4.69) is 10.6 Å². The van der Waals surface area contributed by atoms with Crippen LogP contribution in [0.25, 0.3) is 0 Å². The van der Waals surface area contributed by atoms with Crippen LogP contribution in [0.1, 0.15) is 89.9 Å². The summed E-state index contributed by atoms with van der Waals surface area (Å²) in [6.45, 7) is 1.09. The normalized spacial score (nSPS) is 12.7. The second-order valence-electron chi connectivity index (χ2n) is 8.20. The molecule has 0 aliphatic heterocycles. The average Bonchev–Trinajstić information content (AvgIpc) is 2.74. The summed E-state index contributed by atoms with van der Waals surface area (Å²) in [7, 11) is 0. The quantitative estimate of drug-likeness (QED) is 0.140. The van der Waals surface area contributed by atoms with Gasteiger partial charge < -0.3 is 32.3 Å². The summed E-state index contributed by atoms with van der Waals surface area (Å²) in [4.78, 5) is 44.7. The highest BCUT2D eigenvalue weighted by atomic mass is 16.4. The van der Waals surface area contributed by atoms with E-state index in [0.717, 1.165) is 51.4 Å². The first-order chi connectivity index (χ1) is 15.2. The predicted octanol–water partition coefficient (Wildman–Crippen LogP) is 1.50. The molecule has 0 aromatic rings. The predicted molar refractivity (Wildman–Crippen MR) is 122 cm³/mol. The molecule has 0 aliphatic carbocycles. The molecule has 0 unspecified atom stereocenters. The highest BCUT2D eigenvalue weighted by Crippen LogP contribution is 2.09. The van der Waals surface area contributed by atoms with E-state index in [0.29, 0.717) is 51.6 Å². The van der Waals surface area contributed by atoms with Crippen LogP contribution >= 0.6 is 0 Å². The summed E-state index contributed by atoms with van der Waals surface area (Å²) in [6, 6.07) is -1.66. The lowest BCUT2D eigenvalue weighted by molar-refractivity contribution is -0.139. The monoisotopic (exact) mass is 458 g/mol. The molecule has 0 aliphatic rings. The summed E-state index contributed by atoms with van der Waals surface area (Å²) in [5.74, 6) is -1.95. The first-order valence-corrected chi connectivity index (χ1v) is 11.7. The van der Waals surface area contributed by atoms with Crippen molar-refractivity contribution in [3.8, 4) is 0 Å². The lowest BCUT2D eigenvalue weighted by Gasteiger charge is -2.08. The standard InChI is InChI=1S/C22H42N4O6/c23-17(21(29)30)11-7-9-15-25-19(27)13-5-3-1-2-4-6-14-20(28)26-16-10-8-12-18(24)22(31)32/h17-18H,1-16,23-24H2,(H,25,27)(H,26,28)(H,29,30)(H,31,32)/t17-,18-/m0/s1. The summed E-state index contributed by atoms with van der Waals surface area (Å²) in [6.07, 6.45) is 10.3. The minimum absolute atomic E-state index is 0.0224. The second kappa shape index (κ2) is 19.5. The van der Waals surface area contributed by atoms with E-state index in [1.165, 1.54) is 0 Å². The summed E-state index contributed by atoms with van der Waals surface area (Å²) in [5.41, 5.74) is 10.8. The lowest BCUT2D eigenvalue weighted by atomic mass is 10.1. The van der Waals surface area contributed by atoms with Gasteiger partial charge >= 0.3 is 11.9 Å². The summed E-state index contributed by atoms with van der Waals surface area (Å²) in [5, 5.41) is 23.0. The van der Waals surface area contributed by atoms with Gasteiger partial charge in [0, 0.05) is 25.9 Å². The third-order valence-corrected chi connectivity index (χ3v) is 5.22. The maximum Gasteiger partial charge on any atom is 0.320 e. The van der Waals surface area contributed by atoms with Crippen LogP contribution in [0.2, 0.25) is 0 Å². The second-order valence-corrected chi connectivity index (χ2v) is 8.20. The smallest absolute Gasteiger partial charge is 0.320 e. The molecule has 0 spiro atoms. The third-order valence-electron chi connectivity index (χ3n) is 5.22. The van der Waals surface area contributed by atoms with Gasteiger partial charge in [-0.2, -0.15) is 0 Å². The van der Waals surface area contributed by atoms with Crippen molar-refractivity contribution in [2.75, 3.05) is 13.1 Å². The molecule has 0 saturated carbocycles. The molecule has 0 fully saturated rings. The fourth-order valence-electron chi connectivity index (χ4n) is 3.14. The van der Waals surface area contributed by atoms with E-state index in [4.69, 9.17) is 21.7 Å². The first-order valence-electron chi connectivity index (χ1n) is 11.7. The number of nitrogens with one attached hydrogen (secondary N) is 2. The van der Waals surface area contributed by atoms with Gasteiger partial charge in [0.05, 0.1) is 0 Å². The number of hydrogen-bond acceptors (Lipinski definition) is 6. The Bertz CT molecular complexity index is 511. The number of unbranched alkanes of at least 4 members (excludes halogenated alkanes) is 7. The Morgan fingerprint density at radius 3 is 1.25 bits per heavy atom. The van der Waals surface area contributed by atoms with Gasteiger partial charge in [-0.15, -0.1) is 0 Å². The maximum absolute atomic E-state index is 11.7. The van der Waals surface area contributed by atoms with Crippen molar-refractivity contribution < 1.29 is 29.4 Å². The molecule has 8 N–H and O–H groups in total. The topological polar surface area (TPSA) is 185 Å². The van der Waals surface area contributed by atoms with Crippen molar-refractivity contribution in [2.24, 2.45) is 11.5 Å². The van der Waals surface area contributed by atoms with Crippen molar-refractivity contribution in [3.05, 3.63) is 0 Å². The van der Waals surface area contributed by atoms with Crippen LogP contribution in [0.5, 0.6) is 0 Å². The van der Waals surface area contributed by atoms with Crippen LogP contribution in [0.15, 0.2) is 0 Å². The van der Waals surface area contributed by atoms with Crippen LogP contribution < -0.4 is 22.1 Å². The molecule has 32 heavy (non-hydrogen) atoms. The lowest BCUT2D eigenvalue weighted by Crippen LogP contribution is -2.30. The van der Waals surface area contributed by atoms with Crippen molar-refractivity contribution >= 4 is 23.8 Å². The van der Waals surface area contributed by atoms with Crippen LogP contribution in [0.3, 0.4) is 0 Å². The Kier molecular flexibility index (Phi) is 18.1.